The van der Waals surface area contributed by atoms with Crippen LogP contribution in [0.4, 0.5) is 0 Å². The summed E-state index contributed by atoms with van der Waals surface area (Å²) in [5, 5.41) is 17.5. The third-order valence-electron chi connectivity index (χ3n) is 2.16. The van der Waals surface area contributed by atoms with E-state index in [1.165, 1.54) is 0 Å². The lowest BCUT2D eigenvalue weighted by Crippen LogP contribution is -2.21. The maximum atomic E-state index is 8.98. The molecule has 0 aromatic heterocycles. The number of alkyl halides is 1. The Morgan fingerprint density at radius 3 is 2.40 bits per heavy atom. The minimum absolute atomic E-state index is 0.309. The fraction of sp³-hybridized carbons (Fsp3) is 0.333. The van der Waals surface area contributed by atoms with Crippen LogP contribution in [0.3, 0.4) is 0 Å². The summed E-state index contributed by atoms with van der Waals surface area (Å²) in [5.74, 6) is 0. The lowest BCUT2D eigenvalue weighted by molar-refractivity contribution is 0.650. The molecule has 0 bridgehead atoms. The quantitative estimate of drug-likeness (QED) is 0.730. The number of benzene rings is 1. The molecule has 1 rings (SSSR count). The van der Waals surface area contributed by atoms with Crippen molar-refractivity contribution in [1.82, 2.24) is 0 Å². The minimum atomic E-state index is -0.947. The van der Waals surface area contributed by atoms with Gasteiger partial charge >= 0.3 is 0 Å². The molecule has 0 radical (unpaired) electrons. The molecular formula is C12H11ClN2. The molecule has 1 aromatic carbocycles. The van der Waals surface area contributed by atoms with Gasteiger partial charge in [-0.05, 0) is 12.0 Å². The van der Waals surface area contributed by atoms with Gasteiger partial charge in [0.15, 0.2) is 0 Å². The first-order chi connectivity index (χ1) is 7.20. The molecule has 0 N–H and O–H groups in total. The van der Waals surface area contributed by atoms with Crippen LogP contribution in [-0.4, -0.2) is 4.87 Å². The third-order valence-corrected chi connectivity index (χ3v) is 2.57. The fourth-order valence-electron chi connectivity index (χ4n) is 1.36. The van der Waals surface area contributed by atoms with E-state index in [4.69, 9.17) is 22.1 Å². The van der Waals surface area contributed by atoms with E-state index in [2.05, 4.69) is 6.07 Å². The summed E-state index contributed by atoms with van der Waals surface area (Å²) < 4.78 is 0. The Labute approximate surface area is 94.7 Å². The molecular weight excluding hydrogens is 208 g/mol. The number of hydrogen-bond donors (Lipinski definition) is 0. The van der Waals surface area contributed by atoms with Gasteiger partial charge in [0.05, 0.1) is 12.1 Å². The fourth-order valence-corrected chi connectivity index (χ4v) is 1.61. The van der Waals surface area contributed by atoms with Gasteiger partial charge in [-0.2, -0.15) is 10.5 Å². The molecule has 1 unspecified atom stereocenters. The van der Waals surface area contributed by atoms with Crippen molar-refractivity contribution in [2.24, 2.45) is 0 Å². The van der Waals surface area contributed by atoms with Gasteiger partial charge in [0.1, 0.15) is 4.87 Å². The Morgan fingerprint density at radius 2 is 1.87 bits per heavy atom. The second-order valence-corrected chi connectivity index (χ2v) is 4.12. The highest BCUT2D eigenvalue weighted by molar-refractivity contribution is 6.26. The molecule has 0 amide bonds. The van der Waals surface area contributed by atoms with E-state index in [1.807, 2.05) is 36.4 Å². The predicted octanol–water partition coefficient (Wildman–Crippen LogP) is 3.03. The zero-order valence-corrected chi connectivity index (χ0v) is 9.04. The molecule has 1 aromatic rings. The van der Waals surface area contributed by atoms with E-state index >= 15 is 0 Å². The molecule has 0 heterocycles. The van der Waals surface area contributed by atoms with Crippen molar-refractivity contribution in [3.05, 3.63) is 35.9 Å². The van der Waals surface area contributed by atoms with Crippen molar-refractivity contribution in [3.63, 3.8) is 0 Å². The highest BCUT2D eigenvalue weighted by Crippen LogP contribution is 2.25. The highest BCUT2D eigenvalue weighted by atomic mass is 35.5. The summed E-state index contributed by atoms with van der Waals surface area (Å²) in [6.45, 7) is 0. The topological polar surface area (TPSA) is 47.6 Å². The number of hydrogen-bond acceptors (Lipinski definition) is 2. The van der Waals surface area contributed by atoms with Gasteiger partial charge in [-0.3, -0.25) is 0 Å². The van der Waals surface area contributed by atoms with Crippen LogP contribution >= 0.6 is 11.6 Å². The van der Waals surface area contributed by atoms with E-state index < -0.39 is 4.87 Å². The summed E-state index contributed by atoms with van der Waals surface area (Å²) in [6.07, 6.45) is 1.19. The van der Waals surface area contributed by atoms with Gasteiger partial charge in [0.25, 0.3) is 0 Å². The smallest absolute Gasteiger partial charge is 0.136 e. The van der Waals surface area contributed by atoms with Gasteiger partial charge in [0, 0.05) is 12.8 Å². The Kier molecular flexibility index (Phi) is 4.16. The lowest BCUT2D eigenvalue weighted by atomic mass is 9.95. The first kappa shape index (κ1) is 11.6. The van der Waals surface area contributed by atoms with E-state index in [1.54, 1.807) is 0 Å². The maximum absolute atomic E-state index is 8.98. The second-order valence-electron chi connectivity index (χ2n) is 3.40. The average molecular weight is 219 g/mol. The summed E-state index contributed by atoms with van der Waals surface area (Å²) in [5.41, 5.74) is 1.02. The van der Waals surface area contributed by atoms with Crippen LogP contribution in [0.2, 0.25) is 0 Å². The Hall–Kier alpha value is -1.51. The summed E-state index contributed by atoms with van der Waals surface area (Å²) in [4.78, 5) is -0.947. The average Bonchev–Trinajstić information content (AvgIpc) is 2.28. The molecule has 0 aliphatic heterocycles. The van der Waals surface area contributed by atoms with Crippen molar-refractivity contribution < 1.29 is 0 Å². The van der Waals surface area contributed by atoms with E-state index in [-0.39, 0.29) is 0 Å². The number of nitriles is 2. The monoisotopic (exact) mass is 218 g/mol. The molecule has 15 heavy (non-hydrogen) atoms. The Morgan fingerprint density at radius 1 is 1.20 bits per heavy atom. The van der Waals surface area contributed by atoms with Gasteiger partial charge in [0.2, 0.25) is 0 Å². The standard InChI is InChI=1S/C12H11ClN2/c13-12(10-15,7-4-8-14)9-11-5-2-1-3-6-11/h1-3,5-6H,4,7,9H2. The lowest BCUT2D eigenvalue weighted by Gasteiger charge is -2.17. The molecule has 3 heteroatoms. The normalized spacial score (nSPS) is 13.5. The Bertz CT molecular complexity index is 388. The first-order valence-electron chi connectivity index (χ1n) is 4.71. The van der Waals surface area contributed by atoms with Crippen LogP contribution in [0.15, 0.2) is 30.3 Å². The summed E-state index contributed by atoms with van der Waals surface area (Å²) in [7, 11) is 0. The van der Waals surface area contributed by atoms with Gasteiger partial charge in [-0.25, -0.2) is 0 Å². The molecule has 0 fully saturated rings. The summed E-state index contributed by atoms with van der Waals surface area (Å²) in [6, 6.07) is 13.7. The molecule has 0 spiro atoms. The van der Waals surface area contributed by atoms with Crippen molar-refractivity contribution in [2.75, 3.05) is 0 Å². The number of rotatable bonds is 4. The molecule has 1 atom stereocenters. The molecule has 0 saturated heterocycles. The zero-order chi connectivity index (χ0) is 11.1. The van der Waals surface area contributed by atoms with Crippen LogP contribution in [0.25, 0.3) is 0 Å². The van der Waals surface area contributed by atoms with E-state index in [0.717, 1.165) is 5.56 Å². The minimum Gasteiger partial charge on any atom is -0.198 e. The summed E-state index contributed by atoms with van der Waals surface area (Å²) >= 11 is 6.12. The van der Waals surface area contributed by atoms with Crippen LogP contribution in [0, 0.1) is 22.7 Å². The molecule has 2 nitrogen and oxygen atoms in total. The van der Waals surface area contributed by atoms with Gasteiger partial charge in [-0.1, -0.05) is 30.3 Å². The SMILES string of the molecule is N#CCCC(Cl)(C#N)Cc1ccccc1. The van der Waals surface area contributed by atoms with Crippen molar-refractivity contribution >= 4 is 11.6 Å². The second kappa shape index (κ2) is 5.39. The van der Waals surface area contributed by atoms with Crippen molar-refractivity contribution in [3.8, 4) is 12.1 Å². The van der Waals surface area contributed by atoms with Gasteiger partial charge < -0.3 is 0 Å². The van der Waals surface area contributed by atoms with E-state index in [9.17, 15) is 0 Å². The van der Waals surface area contributed by atoms with Crippen LogP contribution in [0.5, 0.6) is 0 Å². The maximum Gasteiger partial charge on any atom is 0.136 e. The Balaban J connectivity index is 2.70. The van der Waals surface area contributed by atoms with Gasteiger partial charge in [-0.15, -0.1) is 11.6 Å². The zero-order valence-electron chi connectivity index (χ0n) is 8.28. The van der Waals surface area contributed by atoms with Crippen LogP contribution in [0.1, 0.15) is 18.4 Å². The van der Waals surface area contributed by atoms with Crippen LogP contribution < -0.4 is 0 Å². The van der Waals surface area contributed by atoms with E-state index in [0.29, 0.717) is 19.3 Å². The first-order valence-corrected chi connectivity index (χ1v) is 5.09. The number of halogens is 1. The molecule has 76 valence electrons. The van der Waals surface area contributed by atoms with Crippen molar-refractivity contribution in [2.45, 2.75) is 24.1 Å². The van der Waals surface area contributed by atoms with Crippen LogP contribution in [-0.2, 0) is 6.42 Å². The largest absolute Gasteiger partial charge is 0.198 e. The molecule has 0 aliphatic rings. The van der Waals surface area contributed by atoms with Crippen molar-refractivity contribution in [1.29, 1.82) is 10.5 Å². The number of nitrogens with zero attached hydrogens (tertiary/aromatic N) is 2. The predicted molar refractivity (Wildman–Crippen MR) is 59.2 cm³/mol. The molecule has 0 aliphatic carbocycles. The highest BCUT2D eigenvalue weighted by Gasteiger charge is 2.26. The third kappa shape index (κ3) is 3.62. The molecule has 0 saturated carbocycles.